The fourth-order valence-corrected chi connectivity index (χ4v) is 3.70. The lowest BCUT2D eigenvalue weighted by Gasteiger charge is -2.29. The number of nitrogens with one attached hydrogen (secondary N) is 2. The molecule has 0 radical (unpaired) electrons. The molecule has 8 nitrogen and oxygen atoms in total. The number of ether oxygens (including phenoxy) is 1. The zero-order valence-corrected chi connectivity index (χ0v) is 17.7. The van der Waals surface area contributed by atoms with Gasteiger partial charge in [-0.3, -0.25) is 4.79 Å². The van der Waals surface area contributed by atoms with E-state index in [9.17, 15) is 14.9 Å². The van der Waals surface area contributed by atoms with Crippen LogP contribution in [-0.4, -0.2) is 46.6 Å². The Hall–Kier alpha value is -3.34. The highest BCUT2D eigenvalue weighted by molar-refractivity contribution is 5.86. The first-order chi connectivity index (χ1) is 14.3. The third kappa shape index (κ3) is 4.46. The van der Waals surface area contributed by atoms with Crippen LogP contribution in [0.3, 0.4) is 0 Å². The molecule has 3 rings (SSSR count). The number of carbonyl (C=O) groups is 2. The van der Waals surface area contributed by atoms with E-state index >= 15 is 0 Å². The second kappa shape index (κ2) is 8.99. The molecular weight excluding hydrogens is 382 g/mol. The number of amides is 2. The van der Waals surface area contributed by atoms with Gasteiger partial charge < -0.3 is 19.9 Å². The minimum atomic E-state index is -0.746. The number of aryl methyl sites for hydroxylation is 1. The monoisotopic (exact) mass is 409 g/mol. The van der Waals surface area contributed by atoms with Crippen molar-refractivity contribution in [2.75, 3.05) is 13.7 Å². The van der Waals surface area contributed by atoms with Gasteiger partial charge in [0.15, 0.2) is 0 Å². The number of alkyl carbamates (subject to hydrolysis) is 1. The van der Waals surface area contributed by atoms with Gasteiger partial charge in [0.2, 0.25) is 5.91 Å². The van der Waals surface area contributed by atoms with E-state index in [-0.39, 0.29) is 23.8 Å². The summed E-state index contributed by atoms with van der Waals surface area (Å²) in [6, 6.07) is 9.24. The first-order valence-electron chi connectivity index (χ1n) is 10.0. The summed E-state index contributed by atoms with van der Waals surface area (Å²) in [4.78, 5) is 34.5. The van der Waals surface area contributed by atoms with Crippen LogP contribution >= 0.6 is 0 Å². The Labute approximate surface area is 176 Å². The number of hydrogen-bond donors (Lipinski definition) is 2. The number of nitrogens with zero attached hydrogens (tertiary/aromatic N) is 3. The van der Waals surface area contributed by atoms with E-state index in [0.717, 1.165) is 11.3 Å². The summed E-state index contributed by atoms with van der Waals surface area (Å²) < 4.78 is 4.67. The van der Waals surface area contributed by atoms with Crippen LogP contribution in [0.25, 0.3) is 11.3 Å². The molecule has 1 fully saturated rings. The zero-order valence-electron chi connectivity index (χ0n) is 17.7. The number of hydrogen-bond acceptors (Lipinski definition) is 5. The normalized spacial score (nSPS) is 19.4. The van der Waals surface area contributed by atoms with Crippen molar-refractivity contribution < 1.29 is 14.3 Å². The molecule has 30 heavy (non-hydrogen) atoms. The van der Waals surface area contributed by atoms with Gasteiger partial charge in [0, 0.05) is 6.54 Å². The molecule has 3 atom stereocenters. The first kappa shape index (κ1) is 21.4. The molecule has 2 heterocycles. The highest BCUT2D eigenvalue weighted by Gasteiger charge is 2.41. The van der Waals surface area contributed by atoms with Crippen molar-refractivity contribution in [2.24, 2.45) is 11.8 Å². The molecule has 3 unspecified atom stereocenters. The Bertz CT molecular complexity index is 944. The number of benzene rings is 1. The summed E-state index contributed by atoms with van der Waals surface area (Å²) >= 11 is 0. The molecule has 1 aliphatic rings. The molecule has 0 aliphatic carbocycles. The quantitative estimate of drug-likeness (QED) is 0.788. The Morgan fingerprint density at radius 2 is 2.03 bits per heavy atom. The van der Waals surface area contributed by atoms with E-state index in [1.54, 1.807) is 11.1 Å². The van der Waals surface area contributed by atoms with Crippen molar-refractivity contribution in [3.05, 3.63) is 41.9 Å². The predicted octanol–water partition coefficient (Wildman–Crippen LogP) is 3.18. The van der Waals surface area contributed by atoms with Crippen molar-refractivity contribution in [3.8, 4) is 17.3 Å². The van der Waals surface area contributed by atoms with Crippen LogP contribution in [0, 0.1) is 30.1 Å². The molecule has 1 aromatic heterocycles. The second-order valence-corrected chi connectivity index (χ2v) is 7.97. The highest BCUT2D eigenvalue weighted by atomic mass is 16.5. The summed E-state index contributed by atoms with van der Waals surface area (Å²) in [5.74, 6) is -0.0420. The lowest BCUT2D eigenvalue weighted by Crippen LogP contribution is -2.51. The van der Waals surface area contributed by atoms with Gasteiger partial charge in [-0.15, -0.1) is 0 Å². The maximum absolute atomic E-state index is 13.3. The van der Waals surface area contributed by atoms with Crippen LogP contribution in [0.15, 0.2) is 30.5 Å². The average Bonchev–Trinajstić information content (AvgIpc) is 3.38. The van der Waals surface area contributed by atoms with Crippen molar-refractivity contribution in [1.82, 2.24) is 20.2 Å². The number of H-pyrrole nitrogens is 1. The lowest BCUT2D eigenvalue weighted by molar-refractivity contribution is -0.135. The van der Waals surface area contributed by atoms with E-state index in [0.29, 0.717) is 18.8 Å². The molecule has 2 amide bonds. The van der Waals surface area contributed by atoms with E-state index < -0.39 is 12.1 Å². The third-order valence-corrected chi connectivity index (χ3v) is 5.43. The van der Waals surface area contributed by atoms with Crippen molar-refractivity contribution >= 4 is 12.0 Å². The Morgan fingerprint density at radius 1 is 1.33 bits per heavy atom. The molecule has 2 N–H and O–H groups in total. The number of aromatic nitrogens is 2. The standard InChI is InChI=1S/C22H27N5O3/c1-13(2)19(26-22(29)30-4)21(28)27-12-15(10-23)9-18(27)20-24-11-17(25-20)16-7-5-14(3)6-8-16/h5-8,11,13,15,18-19H,9,12H2,1-4H3,(H,24,25)(H,26,29). The molecule has 1 aliphatic heterocycles. The number of aromatic amines is 1. The minimum absolute atomic E-state index is 0.141. The van der Waals surface area contributed by atoms with Crippen LogP contribution < -0.4 is 5.32 Å². The maximum atomic E-state index is 13.3. The molecule has 2 aromatic rings. The number of rotatable bonds is 5. The molecule has 0 saturated carbocycles. The average molecular weight is 409 g/mol. The Balaban J connectivity index is 1.87. The maximum Gasteiger partial charge on any atom is 0.407 e. The van der Waals surface area contributed by atoms with Gasteiger partial charge >= 0.3 is 6.09 Å². The molecule has 1 saturated heterocycles. The summed E-state index contributed by atoms with van der Waals surface area (Å²) in [6.45, 7) is 6.04. The zero-order chi connectivity index (χ0) is 21.8. The van der Waals surface area contributed by atoms with Gasteiger partial charge in [-0.25, -0.2) is 9.78 Å². The lowest BCUT2D eigenvalue weighted by atomic mass is 10.0. The van der Waals surface area contributed by atoms with Gasteiger partial charge in [0.1, 0.15) is 11.9 Å². The second-order valence-electron chi connectivity index (χ2n) is 7.97. The van der Waals surface area contributed by atoms with Crippen LogP contribution in [0.2, 0.25) is 0 Å². The number of carbonyl (C=O) groups excluding carboxylic acids is 2. The van der Waals surface area contributed by atoms with Crippen LogP contribution in [-0.2, 0) is 9.53 Å². The summed E-state index contributed by atoms with van der Waals surface area (Å²) in [5.41, 5.74) is 3.02. The molecule has 8 heteroatoms. The molecule has 1 aromatic carbocycles. The minimum Gasteiger partial charge on any atom is -0.453 e. The van der Waals surface area contributed by atoms with Crippen LogP contribution in [0.4, 0.5) is 4.79 Å². The Kier molecular flexibility index (Phi) is 6.40. The van der Waals surface area contributed by atoms with E-state index in [1.165, 1.54) is 12.7 Å². The Morgan fingerprint density at radius 3 is 2.63 bits per heavy atom. The molecular formula is C22H27N5O3. The first-order valence-corrected chi connectivity index (χ1v) is 10.0. The van der Waals surface area contributed by atoms with Gasteiger partial charge in [0.25, 0.3) is 0 Å². The largest absolute Gasteiger partial charge is 0.453 e. The highest BCUT2D eigenvalue weighted by Crippen LogP contribution is 2.35. The fraction of sp³-hybridized carbons (Fsp3) is 0.455. The third-order valence-electron chi connectivity index (χ3n) is 5.43. The molecule has 0 bridgehead atoms. The van der Waals surface area contributed by atoms with Crippen LogP contribution in [0.5, 0.6) is 0 Å². The summed E-state index contributed by atoms with van der Waals surface area (Å²) in [5, 5.41) is 12.1. The number of imidazole rings is 1. The topological polar surface area (TPSA) is 111 Å². The van der Waals surface area contributed by atoms with Gasteiger partial charge in [0.05, 0.1) is 37.0 Å². The number of likely N-dealkylation sites (tertiary alicyclic amines) is 1. The fourth-order valence-electron chi connectivity index (χ4n) is 3.70. The van der Waals surface area contributed by atoms with Crippen molar-refractivity contribution in [2.45, 2.75) is 39.3 Å². The smallest absolute Gasteiger partial charge is 0.407 e. The predicted molar refractivity (Wildman–Crippen MR) is 111 cm³/mol. The van der Waals surface area contributed by atoms with Crippen molar-refractivity contribution in [3.63, 3.8) is 0 Å². The van der Waals surface area contributed by atoms with Crippen LogP contribution in [0.1, 0.15) is 37.7 Å². The summed E-state index contributed by atoms with van der Waals surface area (Å²) in [7, 11) is 1.26. The molecule has 158 valence electrons. The van der Waals surface area contributed by atoms with Gasteiger partial charge in [-0.05, 0) is 24.8 Å². The van der Waals surface area contributed by atoms with Crippen molar-refractivity contribution in [1.29, 1.82) is 5.26 Å². The number of nitriles is 1. The number of methoxy groups -OCH3 is 1. The summed E-state index contributed by atoms with van der Waals surface area (Å²) in [6.07, 6.45) is 1.58. The van der Waals surface area contributed by atoms with Gasteiger partial charge in [-0.2, -0.15) is 5.26 Å². The van der Waals surface area contributed by atoms with E-state index in [4.69, 9.17) is 0 Å². The molecule has 0 spiro atoms. The van der Waals surface area contributed by atoms with Gasteiger partial charge in [-0.1, -0.05) is 43.7 Å². The SMILES string of the molecule is COC(=O)NC(C(=O)N1CC(C#N)CC1c1ncc(-c2ccc(C)cc2)[nH]1)C(C)C. The van der Waals surface area contributed by atoms with E-state index in [2.05, 4.69) is 26.1 Å². The van der Waals surface area contributed by atoms with E-state index in [1.807, 2.05) is 45.0 Å².